The van der Waals surface area contributed by atoms with Gasteiger partial charge in [-0.3, -0.25) is 0 Å². The minimum atomic E-state index is 0.851. The molecule has 5 aromatic rings. The van der Waals surface area contributed by atoms with Crippen LogP contribution in [-0.4, -0.2) is 0 Å². The van der Waals surface area contributed by atoms with E-state index in [9.17, 15) is 0 Å². The lowest BCUT2D eigenvalue weighted by Crippen LogP contribution is -1.80. The van der Waals surface area contributed by atoms with Crippen LogP contribution in [0.2, 0.25) is 0 Å². The second-order valence-corrected chi connectivity index (χ2v) is 15.8. The van der Waals surface area contributed by atoms with Crippen LogP contribution in [0.1, 0.15) is 86.1 Å². The van der Waals surface area contributed by atoms with Gasteiger partial charge in [-0.05, 0) is 74.2 Å². The standard InChI is InChI=1S/C36H36S5/c1-5-9-11-13-15-25-17-19-29(37-25)31-21-23-33(39-31)35-27(7-3)28(8-4)36(41-35)34-24-22-32(40-34)30-20-18-26(38-30)16-14-12-10-6-2/h3-4,17-24H,5-6,9-16H2,1-2H3. The van der Waals surface area contributed by atoms with Gasteiger partial charge < -0.3 is 0 Å². The van der Waals surface area contributed by atoms with Gasteiger partial charge in [-0.1, -0.05) is 64.2 Å². The van der Waals surface area contributed by atoms with Gasteiger partial charge in [-0.2, -0.15) is 0 Å². The Balaban J connectivity index is 1.36. The molecule has 0 amide bonds. The van der Waals surface area contributed by atoms with Crippen LogP contribution in [0.15, 0.2) is 48.5 Å². The monoisotopic (exact) mass is 628 g/mol. The van der Waals surface area contributed by atoms with Gasteiger partial charge in [-0.15, -0.1) is 69.5 Å². The topological polar surface area (TPSA) is 0 Å². The van der Waals surface area contributed by atoms with E-state index in [-0.39, 0.29) is 0 Å². The van der Waals surface area contributed by atoms with E-state index in [1.807, 2.05) is 45.3 Å². The van der Waals surface area contributed by atoms with Crippen LogP contribution in [0.5, 0.6) is 0 Å². The van der Waals surface area contributed by atoms with Gasteiger partial charge in [0.15, 0.2) is 0 Å². The first-order valence-electron chi connectivity index (χ1n) is 14.6. The Kier molecular flexibility index (Phi) is 10.8. The van der Waals surface area contributed by atoms with Crippen molar-refractivity contribution in [1.29, 1.82) is 0 Å². The maximum atomic E-state index is 6.08. The van der Waals surface area contributed by atoms with Crippen molar-refractivity contribution in [2.24, 2.45) is 0 Å². The second-order valence-electron chi connectivity index (χ2n) is 10.3. The molecule has 0 nitrogen and oxygen atoms in total. The van der Waals surface area contributed by atoms with Crippen molar-refractivity contribution in [2.75, 3.05) is 0 Å². The van der Waals surface area contributed by atoms with E-state index in [1.165, 1.54) is 103 Å². The molecule has 0 atom stereocenters. The first kappa shape index (κ1) is 30.1. The first-order valence-corrected chi connectivity index (χ1v) is 18.7. The first-order chi connectivity index (χ1) is 20.1. The van der Waals surface area contributed by atoms with Gasteiger partial charge in [0.25, 0.3) is 0 Å². The Bertz CT molecular complexity index is 1530. The van der Waals surface area contributed by atoms with Gasteiger partial charge in [0.05, 0.1) is 20.9 Å². The van der Waals surface area contributed by atoms with E-state index in [0.29, 0.717) is 0 Å². The third-order valence-electron chi connectivity index (χ3n) is 7.22. The van der Waals surface area contributed by atoms with Crippen LogP contribution < -0.4 is 0 Å². The quantitative estimate of drug-likeness (QED) is 0.0848. The van der Waals surface area contributed by atoms with Crippen molar-refractivity contribution < 1.29 is 0 Å². The van der Waals surface area contributed by atoms with Crippen LogP contribution in [0.25, 0.3) is 39.0 Å². The summed E-state index contributed by atoms with van der Waals surface area (Å²) < 4.78 is 0. The van der Waals surface area contributed by atoms with Crippen molar-refractivity contribution in [3.8, 4) is 63.7 Å². The lowest BCUT2D eigenvalue weighted by Gasteiger charge is -1.97. The van der Waals surface area contributed by atoms with Crippen molar-refractivity contribution in [3.63, 3.8) is 0 Å². The van der Waals surface area contributed by atoms with Crippen LogP contribution in [-0.2, 0) is 12.8 Å². The maximum absolute atomic E-state index is 6.08. The molecule has 0 aliphatic rings. The molecule has 5 rings (SSSR count). The fourth-order valence-corrected chi connectivity index (χ4v) is 10.7. The molecule has 0 fully saturated rings. The molecule has 5 heterocycles. The summed E-state index contributed by atoms with van der Waals surface area (Å²) in [6.07, 6.45) is 24.9. The fraction of sp³-hybridized carbons (Fsp3) is 0.333. The number of aryl methyl sites for hydroxylation is 2. The highest BCUT2D eigenvalue weighted by atomic mass is 32.1. The molecule has 5 aromatic heterocycles. The van der Waals surface area contributed by atoms with Crippen molar-refractivity contribution in [2.45, 2.75) is 78.1 Å². The minimum Gasteiger partial charge on any atom is -0.139 e. The Morgan fingerprint density at radius 3 is 1.27 bits per heavy atom. The predicted molar refractivity (Wildman–Crippen MR) is 189 cm³/mol. The maximum Gasteiger partial charge on any atom is 0.0619 e. The Morgan fingerprint density at radius 2 is 0.854 bits per heavy atom. The molecule has 0 N–H and O–H groups in total. The number of rotatable bonds is 14. The number of thiophene rings is 5. The summed E-state index contributed by atoms with van der Waals surface area (Å²) in [6.45, 7) is 4.53. The Morgan fingerprint density at radius 1 is 0.463 bits per heavy atom. The van der Waals surface area contributed by atoms with E-state index in [4.69, 9.17) is 12.8 Å². The lowest BCUT2D eigenvalue weighted by molar-refractivity contribution is 0.670. The van der Waals surface area contributed by atoms with Crippen molar-refractivity contribution in [1.82, 2.24) is 0 Å². The summed E-state index contributed by atoms with van der Waals surface area (Å²) in [4.78, 5) is 12.9. The van der Waals surface area contributed by atoms with E-state index < -0.39 is 0 Å². The second kappa shape index (κ2) is 14.7. The summed E-state index contributed by atoms with van der Waals surface area (Å²) in [5.74, 6) is 5.89. The summed E-state index contributed by atoms with van der Waals surface area (Å²) in [5, 5.41) is 0. The molecule has 0 saturated carbocycles. The van der Waals surface area contributed by atoms with Gasteiger partial charge >= 0.3 is 0 Å². The molecule has 0 aliphatic heterocycles. The molecule has 5 heteroatoms. The number of terminal acetylenes is 2. The molecular weight excluding hydrogens is 593 g/mol. The Hall–Kier alpha value is -2.38. The molecule has 0 saturated heterocycles. The van der Waals surface area contributed by atoms with E-state index in [1.54, 1.807) is 11.3 Å². The van der Waals surface area contributed by atoms with Gasteiger partial charge in [0.1, 0.15) is 0 Å². The van der Waals surface area contributed by atoms with E-state index in [0.717, 1.165) is 20.9 Å². The molecule has 0 aromatic carbocycles. The van der Waals surface area contributed by atoms with Crippen LogP contribution in [0.3, 0.4) is 0 Å². The summed E-state index contributed by atoms with van der Waals surface area (Å²) >= 11 is 9.23. The largest absolute Gasteiger partial charge is 0.139 e. The molecule has 41 heavy (non-hydrogen) atoms. The SMILES string of the molecule is C#Cc1c(-c2ccc(-c3ccc(CCCCCC)s3)s2)sc(-c2ccc(-c3ccc(CCCCCC)s3)s2)c1C#C. The number of unbranched alkanes of at least 4 members (excludes halogenated alkanes) is 6. The predicted octanol–water partition coefficient (Wildman–Crippen LogP) is 12.9. The molecule has 0 bridgehead atoms. The Labute approximate surface area is 266 Å². The molecule has 0 spiro atoms. The molecular formula is C36H36S5. The number of hydrogen-bond acceptors (Lipinski definition) is 5. The van der Waals surface area contributed by atoms with Crippen molar-refractivity contribution >= 4 is 56.7 Å². The van der Waals surface area contributed by atoms with Gasteiger partial charge in [0.2, 0.25) is 0 Å². The van der Waals surface area contributed by atoms with Gasteiger partial charge in [0, 0.05) is 39.0 Å². The fourth-order valence-electron chi connectivity index (χ4n) is 4.98. The molecule has 210 valence electrons. The van der Waals surface area contributed by atoms with Crippen LogP contribution in [0, 0.1) is 24.7 Å². The third kappa shape index (κ3) is 7.16. The molecule has 0 unspecified atom stereocenters. The smallest absolute Gasteiger partial charge is 0.0619 e. The highest BCUT2D eigenvalue weighted by molar-refractivity contribution is 7.30. The summed E-state index contributed by atoms with van der Waals surface area (Å²) in [5.41, 5.74) is 1.70. The number of hydrogen-bond donors (Lipinski definition) is 0. The third-order valence-corrected chi connectivity index (χ3v) is 13.6. The molecule has 0 aliphatic carbocycles. The van der Waals surface area contributed by atoms with Gasteiger partial charge in [-0.25, -0.2) is 0 Å². The van der Waals surface area contributed by atoms with E-state index >= 15 is 0 Å². The average molecular weight is 629 g/mol. The zero-order valence-electron chi connectivity index (χ0n) is 23.9. The highest BCUT2D eigenvalue weighted by Gasteiger charge is 2.21. The molecule has 0 radical (unpaired) electrons. The normalized spacial score (nSPS) is 11.1. The van der Waals surface area contributed by atoms with Crippen LogP contribution >= 0.6 is 56.7 Å². The summed E-state index contributed by atoms with van der Waals surface area (Å²) in [7, 11) is 0. The zero-order valence-corrected chi connectivity index (χ0v) is 28.0. The van der Waals surface area contributed by atoms with E-state index in [2.05, 4.69) is 74.2 Å². The van der Waals surface area contributed by atoms with Crippen molar-refractivity contribution in [3.05, 3.63) is 69.4 Å². The van der Waals surface area contributed by atoms with Crippen LogP contribution in [0.4, 0.5) is 0 Å². The zero-order chi connectivity index (χ0) is 28.6. The summed E-state index contributed by atoms with van der Waals surface area (Å²) in [6, 6.07) is 18.1. The lowest BCUT2D eigenvalue weighted by atomic mass is 10.1. The minimum absolute atomic E-state index is 0.851. The average Bonchev–Trinajstić information content (AvgIpc) is 3.82. The highest BCUT2D eigenvalue weighted by Crippen LogP contribution is 2.48.